The third-order valence-electron chi connectivity index (χ3n) is 3.68. The molecular formula is C18H20BrNO5. The first-order valence-electron chi connectivity index (χ1n) is 7.88. The molecule has 0 radical (unpaired) electrons. The van der Waals surface area contributed by atoms with E-state index in [0.717, 1.165) is 4.47 Å². The molecule has 0 saturated heterocycles. The van der Waals surface area contributed by atoms with E-state index in [-0.39, 0.29) is 30.2 Å². The van der Waals surface area contributed by atoms with Crippen LogP contribution in [-0.2, 0) is 23.8 Å². The number of hydrogen-bond acceptors (Lipinski definition) is 6. The van der Waals surface area contributed by atoms with Gasteiger partial charge in [-0.15, -0.1) is 0 Å². The lowest BCUT2D eigenvalue weighted by atomic mass is 9.82. The molecule has 1 aromatic rings. The van der Waals surface area contributed by atoms with E-state index in [4.69, 9.17) is 19.9 Å². The Morgan fingerprint density at radius 1 is 1.08 bits per heavy atom. The Kier molecular flexibility index (Phi) is 6.25. The minimum Gasteiger partial charge on any atom is -0.463 e. The average molecular weight is 410 g/mol. The second kappa shape index (κ2) is 8.20. The van der Waals surface area contributed by atoms with Crippen LogP contribution in [0, 0.1) is 0 Å². The summed E-state index contributed by atoms with van der Waals surface area (Å²) in [6.45, 7) is 5.41. The fourth-order valence-corrected chi connectivity index (χ4v) is 2.92. The maximum absolute atomic E-state index is 12.5. The van der Waals surface area contributed by atoms with Crippen molar-refractivity contribution >= 4 is 27.9 Å². The van der Waals surface area contributed by atoms with E-state index >= 15 is 0 Å². The lowest BCUT2D eigenvalue weighted by molar-refractivity contribution is -0.140. The van der Waals surface area contributed by atoms with E-state index < -0.39 is 17.9 Å². The van der Waals surface area contributed by atoms with Crippen molar-refractivity contribution < 1.29 is 23.8 Å². The predicted molar refractivity (Wildman–Crippen MR) is 95.1 cm³/mol. The van der Waals surface area contributed by atoms with Crippen molar-refractivity contribution in [3.05, 3.63) is 57.1 Å². The van der Waals surface area contributed by atoms with E-state index in [1.165, 1.54) is 0 Å². The molecule has 1 aliphatic rings. The van der Waals surface area contributed by atoms with Gasteiger partial charge in [0.05, 0.1) is 24.7 Å². The summed E-state index contributed by atoms with van der Waals surface area (Å²) in [6, 6.07) is 7.25. The van der Waals surface area contributed by atoms with Crippen molar-refractivity contribution in [2.24, 2.45) is 5.73 Å². The van der Waals surface area contributed by atoms with Gasteiger partial charge in [-0.1, -0.05) is 28.1 Å². The number of allylic oxidation sites excluding steroid dienone is 1. The summed E-state index contributed by atoms with van der Waals surface area (Å²) in [5.74, 6) is -1.67. The fraction of sp³-hybridized carbons (Fsp3) is 0.333. The lowest BCUT2D eigenvalue weighted by Gasteiger charge is -2.28. The molecule has 1 atom stereocenters. The fourth-order valence-electron chi connectivity index (χ4n) is 2.65. The molecular weight excluding hydrogens is 390 g/mol. The Hall–Kier alpha value is -2.28. The Bertz CT molecular complexity index is 696. The molecule has 25 heavy (non-hydrogen) atoms. The van der Waals surface area contributed by atoms with Crippen LogP contribution in [-0.4, -0.2) is 25.2 Å². The summed E-state index contributed by atoms with van der Waals surface area (Å²) in [7, 11) is 0. The van der Waals surface area contributed by atoms with Crippen molar-refractivity contribution in [3.8, 4) is 0 Å². The zero-order valence-corrected chi connectivity index (χ0v) is 15.9. The molecule has 0 bridgehead atoms. The van der Waals surface area contributed by atoms with Gasteiger partial charge in [0.15, 0.2) is 0 Å². The van der Waals surface area contributed by atoms with Crippen LogP contribution in [0.1, 0.15) is 32.3 Å². The molecule has 0 aliphatic carbocycles. The summed E-state index contributed by atoms with van der Waals surface area (Å²) < 4.78 is 16.6. The van der Waals surface area contributed by atoms with Crippen LogP contribution in [0.4, 0.5) is 0 Å². The Labute approximate surface area is 154 Å². The van der Waals surface area contributed by atoms with Gasteiger partial charge in [0, 0.05) is 4.47 Å². The molecule has 7 heteroatoms. The van der Waals surface area contributed by atoms with E-state index in [2.05, 4.69) is 15.9 Å². The molecule has 6 nitrogen and oxygen atoms in total. The SMILES string of the molecule is CCOC(=O)C1=C(C)OC(N)=C(C(=O)OCC)[C@H]1c1ccc(Br)cc1. The van der Waals surface area contributed by atoms with Crippen molar-refractivity contribution in [2.45, 2.75) is 26.7 Å². The van der Waals surface area contributed by atoms with Crippen molar-refractivity contribution in [1.82, 2.24) is 0 Å². The van der Waals surface area contributed by atoms with E-state index in [1.54, 1.807) is 32.9 Å². The average Bonchev–Trinajstić information content (AvgIpc) is 2.55. The van der Waals surface area contributed by atoms with Gasteiger partial charge in [-0.2, -0.15) is 0 Å². The van der Waals surface area contributed by atoms with E-state index in [0.29, 0.717) is 11.3 Å². The van der Waals surface area contributed by atoms with E-state index in [1.807, 2.05) is 12.1 Å². The predicted octanol–water partition coefficient (Wildman–Crippen LogP) is 3.13. The number of carbonyl (C=O) groups is 2. The highest BCUT2D eigenvalue weighted by atomic mass is 79.9. The highest BCUT2D eigenvalue weighted by Gasteiger charge is 2.39. The number of nitrogens with two attached hydrogens (primary N) is 1. The quantitative estimate of drug-likeness (QED) is 0.751. The molecule has 134 valence electrons. The van der Waals surface area contributed by atoms with Crippen LogP contribution < -0.4 is 5.73 Å². The second-order valence-corrected chi connectivity index (χ2v) is 6.19. The monoisotopic (exact) mass is 409 g/mol. The van der Waals surface area contributed by atoms with Crippen LogP contribution in [0.25, 0.3) is 0 Å². The van der Waals surface area contributed by atoms with Gasteiger partial charge < -0.3 is 19.9 Å². The largest absolute Gasteiger partial charge is 0.463 e. The highest BCUT2D eigenvalue weighted by Crippen LogP contribution is 2.40. The first-order valence-corrected chi connectivity index (χ1v) is 8.67. The summed E-state index contributed by atoms with van der Waals surface area (Å²) in [5.41, 5.74) is 7.00. The van der Waals surface area contributed by atoms with Crippen LogP contribution in [0.5, 0.6) is 0 Å². The van der Waals surface area contributed by atoms with Crippen LogP contribution in [0.3, 0.4) is 0 Å². The van der Waals surface area contributed by atoms with Gasteiger partial charge >= 0.3 is 11.9 Å². The molecule has 2 rings (SSSR count). The smallest absolute Gasteiger partial charge is 0.340 e. The standard InChI is InChI=1S/C18H20BrNO5/c1-4-23-17(21)13-10(3)25-16(20)15(18(22)24-5-2)14(13)11-6-8-12(19)9-7-11/h6-9,14H,4-5,20H2,1-3H3/t14-/m0/s1. The van der Waals surface area contributed by atoms with Crippen LogP contribution in [0.15, 0.2) is 51.5 Å². The maximum Gasteiger partial charge on any atom is 0.340 e. The van der Waals surface area contributed by atoms with Crippen molar-refractivity contribution in [1.29, 1.82) is 0 Å². The number of ether oxygens (including phenoxy) is 3. The third kappa shape index (κ3) is 4.04. The summed E-state index contributed by atoms with van der Waals surface area (Å²) >= 11 is 3.37. The third-order valence-corrected chi connectivity index (χ3v) is 4.21. The molecule has 0 aromatic heterocycles. The number of benzene rings is 1. The Balaban J connectivity index is 2.61. The van der Waals surface area contributed by atoms with Gasteiger partial charge in [0.1, 0.15) is 11.3 Å². The minimum absolute atomic E-state index is 0.0723. The Morgan fingerprint density at radius 2 is 1.60 bits per heavy atom. The topological polar surface area (TPSA) is 87.9 Å². The summed E-state index contributed by atoms with van der Waals surface area (Å²) in [4.78, 5) is 25.0. The lowest BCUT2D eigenvalue weighted by Crippen LogP contribution is -2.30. The highest BCUT2D eigenvalue weighted by molar-refractivity contribution is 9.10. The molecule has 0 amide bonds. The van der Waals surface area contributed by atoms with Crippen LogP contribution >= 0.6 is 15.9 Å². The van der Waals surface area contributed by atoms with Crippen molar-refractivity contribution in [2.75, 3.05) is 13.2 Å². The van der Waals surface area contributed by atoms with Gasteiger partial charge in [-0.25, -0.2) is 9.59 Å². The van der Waals surface area contributed by atoms with E-state index in [9.17, 15) is 9.59 Å². The Morgan fingerprint density at radius 3 is 2.12 bits per heavy atom. The molecule has 0 saturated carbocycles. The molecule has 0 spiro atoms. The van der Waals surface area contributed by atoms with Gasteiger partial charge in [0.2, 0.25) is 5.88 Å². The van der Waals surface area contributed by atoms with Crippen molar-refractivity contribution in [3.63, 3.8) is 0 Å². The number of hydrogen-bond donors (Lipinski definition) is 1. The van der Waals surface area contributed by atoms with Gasteiger partial charge in [0.25, 0.3) is 0 Å². The zero-order chi connectivity index (χ0) is 18.6. The van der Waals surface area contributed by atoms with Gasteiger partial charge in [-0.3, -0.25) is 0 Å². The molecule has 1 heterocycles. The minimum atomic E-state index is -0.722. The normalized spacial score (nSPS) is 17.2. The zero-order valence-electron chi connectivity index (χ0n) is 14.3. The molecule has 1 aromatic carbocycles. The molecule has 1 aliphatic heterocycles. The number of carbonyl (C=O) groups excluding carboxylic acids is 2. The van der Waals surface area contributed by atoms with Gasteiger partial charge in [-0.05, 0) is 38.5 Å². The first kappa shape index (κ1) is 19.1. The maximum atomic E-state index is 12.5. The number of esters is 2. The first-order chi connectivity index (χ1) is 11.9. The molecule has 0 fully saturated rings. The molecule has 0 unspecified atom stereocenters. The summed E-state index contributed by atoms with van der Waals surface area (Å²) in [5, 5.41) is 0. The van der Waals surface area contributed by atoms with Crippen LogP contribution in [0.2, 0.25) is 0 Å². The second-order valence-electron chi connectivity index (χ2n) is 5.28. The molecule has 2 N–H and O–H groups in total. The number of halogens is 1. The number of rotatable bonds is 5. The summed E-state index contributed by atoms with van der Waals surface area (Å²) in [6.07, 6.45) is 0.